The van der Waals surface area contributed by atoms with Gasteiger partial charge in [0.1, 0.15) is 18.1 Å². The largest absolute Gasteiger partial charge is 0.497 e. The summed E-state index contributed by atoms with van der Waals surface area (Å²) in [5.74, 6) is 2.63. The summed E-state index contributed by atoms with van der Waals surface area (Å²) >= 11 is 11.9. The third-order valence-electron chi connectivity index (χ3n) is 3.12. The molecule has 0 atom stereocenters. The molecule has 0 saturated heterocycles. The fraction of sp³-hybridized carbons (Fsp3) is 0.571. The second-order valence-corrected chi connectivity index (χ2v) is 4.89. The van der Waals surface area contributed by atoms with Crippen molar-refractivity contribution in [2.24, 2.45) is 0 Å². The van der Waals surface area contributed by atoms with E-state index in [1.165, 1.54) is 0 Å². The molecule has 0 aliphatic heterocycles. The molecule has 0 heterocycles. The number of hydrogen-bond acceptors (Lipinski definition) is 3. The lowest BCUT2D eigenvalue weighted by atomic mass is 10.0. The summed E-state index contributed by atoms with van der Waals surface area (Å²) in [5, 5.41) is 3.36. The Balaban J connectivity index is 2.33. The van der Waals surface area contributed by atoms with Gasteiger partial charge in [-0.1, -0.05) is 6.92 Å². The van der Waals surface area contributed by atoms with E-state index < -0.39 is 0 Å². The van der Waals surface area contributed by atoms with Crippen LogP contribution in [0, 0.1) is 0 Å². The Bertz CT molecular complexity index is 345. The van der Waals surface area contributed by atoms with E-state index in [2.05, 4.69) is 12.2 Å². The summed E-state index contributed by atoms with van der Waals surface area (Å²) in [6.45, 7) is 3.35. The molecule has 0 unspecified atom stereocenters. The molecule has 0 aliphatic carbocycles. The van der Waals surface area contributed by atoms with Crippen molar-refractivity contribution in [1.82, 2.24) is 5.32 Å². The van der Waals surface area contributed by atoms with Crippen molar-refractivity contribution in [1.29, 1.82) is 0 Å². The van der Waals surface area contributed by atoms with Gasteiger partial charge in [0.05, 0.1) is 7.11 Å². The fourth-order valence-corrected chi connectivity index (χ4v) is 2.45. The van der Waals surface area contributed by atoms with Gasteiger partial charge in [-0.25, -0.2) is 0 Å². The second kappa shape index (κ2) is 8.51. The molecule has 0 bridgehead atoms. The van der Waals surface area contributed by atoms with E-state index in [0.717, 1.165) is 17.9 Å². The predicted molar refractivity (Wildman–Crippen MR) is 81.0 cm³/mol. The van der Waals surface area contributed by atoms with E-state index in [0.29, 0.717) is 24.9 Å². The van der Waals surface area contributed by atoms with Crippen LogP contribution in [-0.2, 0) is 0 Å². The van der Waals surface area contributed by atoms with Crippen molar-refractivity contribution in [2.45, 2.75) is 18.9 Å². The molecule has 19 heavy (non-hydrogen) atoms. The van der Waals surface area contributed by atoms with E-state index in [-0.39, 0.29) is 5.54 Å². The van der Waals surface area contributed by atoms with Gasteiger partial charge >= 0.3 is 0 Å². The summed E-state index contributed by atoms with van der Waals surface area (Å²) in [5.41, 5.74) is -0.202. The highest BCUT2D eigenvalue weighted by molar-refractivity contribution is 6.22. The van der Waals surface area contributed by atoms with Crippen molar-refractivity contribution in [3.8, 4) is 11.5 Å². The molecule has 0 amide bonds. The molecule has 0 fully saturated rings. The molecular formula is C14H21Cl2NO2. The molecule has 0 aromatic heterocycles. The number of hydrogen-bond donors (Lipinski definition) is 1. The van der Waals surface area contributed by atoms with Crippen LogP contribution in [0.3, 0.4) is 0 Å². The molecular weight excluding hydrogens is 285 g/mol. The molecule has 0 aliphatic rings. The standard InChI is InChI=1S/C14H21Cl2NO2/c1-3-14(10-15,11-16)17-8-9-19-13-6-4-12(18-2)5-7-13/h4-7,17H,3,8-11H2,1-2H3. The first-order valence-corrected chi connectivity index (χ1v) is 7.40. The first-order chi connectivity index (χ1) is 9.19. The minimum absolute atomic E-state index is 0.202. The topological polar surface area (TPSA) is 30.5 Å². The lowest BCUT2D eigenvalue weighted by Crippen LogP contribution is -2.49. The molecule has 1 rings (SSSR count). The van der Waals surface area contributed by atoms with Crippen molar-refractivity contribution < 1.29 is 9.47 Å². The second-order valence-electron chi connectivity index (χ2n) is 4.35. The molecule has 0 radical (unpaired) electrons. The monoisotopic (exact) mass is 305 g/mol. The van der Waals surface area contributed by atoms with Gasteiger partial charge in [-0.2, -0.15) is 0 Å². The molecule has 0 saturated carbocycles. The normalized spacial score (nSPS) is 11.4. The highest BCUT2D eigenvalue weighted by Crippen LogP contribution is 2.17. The Kier molecular flexibility index (Phi) is 7.36. The van der Waals surface area contributed by atoms with E-state index >= 15 is 0 Å². The average Bonchev–Trinajstić information content (AvgIpc) is 2.49. The third-order valence-corrected chi connectivity index (χ3v) is 4.14. The minimum Gasteiger partial charge on any atom is -0.497 e. The number of alkyl halides is 2. The van der Waals surface area contributed by atoms with Gasteiger partial charge in [0.25, 0.3) is 0 Å². The van der Waals surface area contributed by atoms with Crippen LogP contribution >= 0.6 is 23.2 Å². The highest BCUT2D eigenvalue weighted by Gasteiger charge is 2.24. The Labute approximate surface area is 125 Å². The van der Waals surface area contributed by atoms with Gasteiger partial charge in [-0.15, -0.1) is 23.2 Å². The number of ether oxygens (including phenoxy) is 2. The Morgan fingerprint density at radius 1 is 1.11 bits per heavy atom. The van der Waals surface area contributed by atoms with E-state index in [4.69, 9.17) is 32.7 Å². The molecule has 1 aromatic carbocycles. The smallest absolute Gasteiger partial charge is 0.119 e. The van der Waals surface area contributed by atoms with Gasteiger partial charge in [0, 0.05) is 23.8 Å². The van der Waals surface area contributed by atoms with Gasteiger partial charge in [0.2, 0.25) is 0 Å². The van der Waals surface area contributed by atoms with Gasteiger partial charge < -0.3 is 14.8 Å². The maximum atomic E-state index is 5.95. The molecule has 108 valence electrons. The van der Waals surface area contributed by atoms with E-state index in [1.807, 2.05) is 24.3 Å². The Morgan fingerprint density at radius 2 is 1.68 bits per heavy atom. The highest BCUT2D eigenvalue weighted by atomic mass is 35.5. The van der Waals surface area contributed by atoms with Crippen LogP contribution in [0.2, 0.25) is 0 Å². The van der Waals surface area contributed by atoms with Crippen LogP contribution in [0.15, 0.2) is 24.3 Å². The average molecular weight is 306 g/mol. The lowest BCUT2D eigenvalue weighted by molar-refractivity contribution is 0.283. The summed E-state index contributed by atoms with van der Waals surface area (Å²) in [4.78, 5) is 0. The number of nitrogens with one attached hydrogen (secondary N) is 1. The van der Waals surface area contributed by atoms with Gasteiger partial charge in [-0.3, -0.25) is 0 Å². The van der Waals surface area contributed by atoms with Crippen LogP contribution in [-0.4, -0.2) is 37.6 Å². The maximum Gasteiger partial charge on any atom is 0.119 e. The summed E-state index contributed by atoms with van der Waals surface area (Å²) < 4.78 is 10.7. The van der Waals surface area contributed by atoms with Crippen LogP contribution in [0.4, 0.5) is 0 Å². The number of benzene rings is 1. The SMILES string of the molecule is CCC(CCl)(CCl)NCCOc1ccc(OC)cc1. The summed E-state index contributed by atoms with van der Waals surface area (Å²) in [6, 6.07) is 7.51. The van der Waals surface area contributed by atoms with Crippen molar-refractivity contribution >= 4 is 23.2 Å². The summed E-state index contributed by atoms with van der Waals surface area (Å²) in [6.07, 6.45) is 0.891. The zero-order valence-corrected chi connectivity index (χ0v) is 12.9. The first kappa shape index (κ1) is 16.4. The number of halogens is 2. The van der Waals surface area contributed by atoms with Crippen LogP contribution in [0.1, 0.15) is 13.3 Å². The molecule has 5 heteroatoms. The zero-order chi connectivity index (χ0) is 14.1. The molecule has 0 spiro atoms. The minimum atomic E-state index is -0.202. The maximum absolute atomic E-state index is 5.95. The van der Waals surface area contributed by atoms with Crippen molar-refractivity contribution in [3.05, 3.63) is 24.3 Å². The summed E-state index contributed by atoms with van der Waals surface area (Å²) in [7, 11) is 1.64. The number of rotatable bonds is 9. The van der Waals surface area contributed by atoms with E-state index in [9.17, 15) is 0 Å². The van der Waals surface area contributed by atoms with Crippen molar-refractivity contribution in [3.63, 3.8) is 0 Å². The van der Waals surface area contributed by atoms with Crippen LogP contribution < -0.4 is 14.8 Å². The Hall–Kier alpha value is -0.640. The van der Waals surface area contributed by atoms with Gasteiger partial charge in [-0.05, 0) is 30.7 Å². The van der Waals surface area contributed by atoms with Crippen LogP contribution in [0.25, 0.3) is 0 Å². The quantitative estimate of drug-likeness (QED) is 0.561. The van der Waals surface area contributed by atoms with Crippen LogP contribution in [0.5, 0.6) is 11.5 Å². The lowest BCUT2D eigenvalue weighted by Gasteiger charge is -2.29. The number of methoxy groups -OCH3 is 1. The molecule has 3 nitrogen and oxygen atoms in total. The fourth-order valence-electron chi connectivity index (χ4n) is 1.60. The predicted octanol–water partition coefficient (Wildman–Crippen LogP) is 3.29. The first-order valence-electron chi connectivity index (χ1n) is 6.33. The molecule has 1 N–H and O–H groups in total. The molecule has 1 aromatic rings. The third kappa shape index (κ3) is 5.09. The van der Waals surface area contributed by atoms with Gasteiger partial charge in [0.15, 0.2) is 0 Å². The van der Waals surface area contributed by atoms with Crippen molar-refractivity contribution in [2.75, 3.05) is 32.0 Å². The van der Waals surface area contributed by atoms with E-state index in [1.54, 1.807) is 7.11 Å². The Morgan fingerprint density at radius 3 is 2.16 bits per heavy atom. The zero-order valence-electron chi connectivity index (χ0n) is 11.4.